The zero-order chi connectivity index (χ0) is 10.6. The second-order valence-electron chi connectivity index (χ2n) is 2.86. The molecule has 0 aliphatic carbocycles. The molecule has 0 saturated carbocycles. The number of aromatic carboxylic acids is 1. The predicted octanol–water partition coefficient (Wildman–Crippen LogP) is 0.162. The SMILES string of the molecule is NC(CCO)c1ncccc1C(=O)O. The van der Waals surface area contributed by atoms with Crippen LogP contribution in [0.2, 0.25) is 0 Å². The molecule has 0 aliphatic heterocycles. The van der Waals surface area contributed by atoms with Gasteiger partial charge in [0.05, 0.1) is 17.3 Å². The molecule has 1 aromatic heterocycles. The van der Waals surface area contributed by atoms with Crippen LogP contribution >= 0.6 is 0 Å². The molecule has 0 aromatic carbocycles. The minimum atomic E-state index is -1.05. The van der Waals surface area contributed by atoms with E-state index < -0.39 is 12.0 Å². The molecule has 1 atom stereocenters. The van der Waals surface area contributed by atoms with E-state index in [1.165, 1.54) is 12.3 Å². The molecule has 0 amide bonds. The largest absolute Gasteiger partial charge is 0.478 e. The summed E-state index contributed by atoms with van der Waals surface area (Å²) < 4.78 is 0. The highest BCUT2D eigenvalue weighted by Crippen LogP contribution is 2.15. The van der Waals surface area contributed by atoms with Crippen LogP contribution in [0, 0.1) is 0 Å². The number of carbonyl (C=O) groups is 1. The van der Waals surface area contributed by atoms with Crippen LogP contribution in [0.3, 0.4) is 0 Å². The van der Waals surface area contributed by atoms with Crippen LogP contribution in [0.5, 0.6) is 0 Å². The van der Waals surface area contributed by atoms with Crippen LogP contribution in [-0.4, -0.2) is 27.8 Å². The van der Waals surface area contributed by atoms with Gasteiger partial charge in [-0.15, -0.1) is 0 Å². The minimum absolute atomic E-state index is 0.0865. The van der Waals surface area contributed by atoms with E-state index in [0.29, 0.717) is 12.1 Å². The Hall–Kier alpha value is -1.46. The summed E-state index contributed by atoms with van der Waals surface area (Å²) in [5.74, 6) is -1.05. The number of nitrogens with zero attached hydrogens (tertiary/aromatic N) is 1. The fourth-order valence-corrected chi connectivity index (χ4v) is 1.17. The van der Waals surface area contributed by atoms with Crippen molar-refractivity contribution < 1.29 is 15.0 Å². The average Bonchev–Trinajstić information content (AvgIpc) is 2.18. The third-order valence-corrected chi connectivity index (χ3v) is 1.86. The molecule has 76 valence electrons. The molecule has 1 rings (SSSR count). The van der Waals surface area contributed by atoms with Crippen molar-refractivity contribution in [2.24, 2.45) is 5.73 Å². The van der Waals surface area contributed by atoms with Crippen LogP contribution in [0.15, 0.2) is 18.3 Å². The second-order valence-corrected chi connectivity index (χ2v) is 2.86. The number of aliphatic hydroxyl groups excluding tert-OH is 1. The van der Waals surface area contributed by atoms with Crippen molar-refractivity contribution in [3.05, 3.63) is 29.6 Å². The van der Waals surface area contributed by atoms with E-state index in [-0.39, 0.29) is 12.2 Å². The van der Waals surface area contributed by atoms with E-state index in [0.717, 1.165) is 0 Å². The first-order valence-electron chi connectivity index (χ1n) is 4.21. The minimum Gasteiger partial charge on any atom is -0.478 e. The summed E-state index contributed by atoms with van der Waals surface area (Å²) in [5.41, 5.74) is 6.06. The van der Waals surface area contributed by atoms with Crippen molar-refractivity contribution in [2.45, 2.75) is 12.5 Å². The zero-order valence-corrected chi connectivity index (χ0v) is 7.55. The molecular formula is C9H12N2O3. The number of hydrogen-bond acceptors (Lipinski definition) is 4. The third kappa shape index (κ3) is 2.27. The molecule has 0 spiro atoms. The van der Waals surface area contributed by atoms with E-state index in [2.05, 4.69) is 4.98 Å². The molecule has 5 heteroatoms. The number of rotatable bonds is 4. The number of pyridine rings is 1. The summed E-state index contributed by atoms with van der Waals surface area (Å²) in [6.45, 7) is -0.0865. The van der Waals surface area contributed by atoms with Crippen molar-refractivity contribution in [3.8, 4) is 0 Å². The quantitative estimate of drug-likeness (QED) is 0.637. The fraction of sp³-hybridized carbons (Fsp3) is 0.333. The Kier molecular flexibility index (Phi) is 3.55. The number of aliphatic hydroxyl groups is 1. The predicted molar refractivity (Wildman–Crippen MR) is 49.8 cm³/mol. The van der Waals surface area contributed by atoms with Gasteiger partial charge in [0.15, 0.2) is 0 Å². The van der Waals surface area contributed by atoms with Crippen molar-refractivity contribution >= 4 is 5.97 Å². The van der Waals surface area contributed by atoms with Gasteiger partial charge in [0.2, 0.25) is 0 Å². The van der Waals surface area contributed by atoms with Gasteiger partial charge in [-0.2, -0.15) is 0 Å². The lowest BCUT2D eigenvalue weighted by Gasteiger charge is -2.11. The number of carboxylic acid groups (broad SMARTS) is 1. The lowest BCUT2D eigenvalue weighted by atomic mass is 10.1. The van der Waals surface area contributed by atoms with Gasteiger partial charge in [-0.1, -0.05) is 0 Å². The summed E-state index contributed by atoms with van der Waals surface area (Å²) in [6, 6.07) is 2.45. The first-order valence-corrected chi connectivity index (χ1v) is 4.21. The van der Waals surface area contributed by atoms with E-state index in [1.807, 2.05) is 0 Å². The summed E-state index contributed by atoms with van der Waals surface area (Å²) in [4.78, 5) is 14.7. The van der Waals surface area contributed by atoms with Crippen LogP contribution in [-0.2, 0) is 0 Å². The van der Waals surface area contributed by atoms with Gasteiger partial charge in [-0.3, -0.25) is 4.98 Å². The number of hydrogen-bond donors (Lipinski definition) is 3. The summed E-state index contributed by atoms with van der Waals surface area (Å²) in [6.07, 6.45) is 1.79. The van der Waals surface area contributed by atoms with Crippen LogP contribution < -0.4 is 5.73 Å². The number of carboxylic acids is 1. The molecule has 1 unspecified atom stereocenters. The molecule has 0 fully saturated rings. The molecule has 0 saturated heterocycles. The fourth-order valence-electron chi connectivity index (χ4n) is 1.17. The van der Waals surface area contributed by atoms with Gasteiger partial charge < -0.3 is 15.9 Å². The first kappa shape index (κ1) is 10.6. The van der Waals surface area contributed by atoms with E-state index in [4.69, 9.17) is 15.9 Å². The number of nitrogens with two attached hydrogens (primary N) is 1. The topological polar surface area (TPSA) is 96.4 Å². The molecular weight excluding hydrogens is 184 g/mol. The summed E-state index contributed by atoms with van der Waals surface area (Å²) in [5, 5.41) is 17.5. The van der Waals surface area contributed by atoms with Crippen molar-refractivity contribution in [1.29, 1.82) is 0 Å². The standard InChI is InChI=1S/C9H12N2O3/c10-7(3-5-12)8-6(9(13)14)2-1-4-11-8/h1-2,4,7,12H,3,5,10H2,(H,13,14). The van der Waals surface area contributed by atoms with Crippen LogP contribution in [0.4, 0.5) is 0 Å². The summed E-state index contributed by atoms with van der Waals surface area (Å²) >= 11 is 0. The second kappa shape index (κ2) is 4.69. The van der Waals surface area contributed by atoms with Crippen LogP contribution in [0.25, 0.3) is 0 Å². The van der Waals surface area contributed by atoms with Gasteiger partial charge in [0.25, 0.3) is 0 Å². The molecule has 4 N–H and O–H groups in total. The Morgan fingerprint density at radius 1 is 1.64 bits per heavy atom. The van der Waals surface area contributed by atoms with Gasteiger partial charge >= 0.3 is 5.97 Å². The Bertz CT molecular complexity index is 328. The maximum Gasteiger partial charge on any atom is 0.337 e. The molecule has 1 heterocycles. The van der Waals surface area contributed by atoms with Crippen molar-refractivity contribution in [1.82, 2.24) is 4.98 Å². The Labute approximate surface area is 81.2 Å². The molecule has 0 aliphatic rings. The normalized spacial score (nSPS) is 12.4. The molecule has 1 aromatic rings. The molecule has 0 bridgehead atoms. The van der Waals surface area contributed by atoms with E-state index in [9.17, 15) is 4.79 Å². The Balaban J connectivity index is 3.00. The summed E-state index contributed by atoms with van der Waals surface area (Å²) in [7, 11) is 0. The molecule has 0 radical (unpaired) electrons. The Morgan fingerprint density at radius 3 is 2.93 bits per heavy atom. The monoisotopic (exact) mass is 196 g/mol. The van der Waals surface area contributed by atoms with Gasteiger partial charge in [0, 0.05) is 12.8 Å². The van der Waals surface area contributed by atoms with E-state index in [1.54, 1.807) is 6.07 Å². The average molecular weight is 196 g/mol. The third-order valence-electron chi connectivity index (χ3n) is 1.86. The maximum atomic E-state index is 10.8. The zero-order valence-electron chi connectivity index (χ0n) is 7.55. The lowest BCUT2D eigenvalue weighted by molar-refractivity contribution is 0.0694. The Morgan fingerprint density at radius 2 is 2.36 bits per heavy atom. The highest BCUT2D eigenvalue weighted by atomic mass is 16.4. The van der Waals surface area contributed by atoms with Crippen molar-refractivity contribution in [2.75, 3.05) is 6.61 Å². The lowest BCUT2D eigenvalue weighted by Crippen LogP contribution is -2.17. The van der Waals surface area contributed by atoms with E-state index >= 15 is 0 Å². The molecule has 5 nitrogen and oxygen atoms in total. The van der Waals surface area contributed by atoms with Gasteiger partial charge in [-0.05, 0) is 18.6 Å². The maximum absolute atomic E-state index is 10.8. The molecule has 14 heavy (non-hydrogen) atoms. The highest BCUT2D eigenvalue weighted by molar-refractivity contribution is 5.88. The first-order chi connectivity index (χ1) is 6.66. The smallest absolute Gasteiger partial charge is 0.337 e. The van der Waals surface area contributed by atoms with Gasteiger partial charge in [0.1, 0.15) is 0 Å². The highest BCUT2D eigenvalue weighted by Gasteiger charge is 2.16. The van der Waals surface area contributed by atoms with Crippen molar-refractivity contribution in [3.63, 3.8) is 0 Å². The van der Waals surface area contributed by atoms with Gasteiger partial charge in [-0.25, -0.2) is 4.79 Å². The number of aromatic nitrogens is 1. The van der Waals surface area contributed by atoms with Crippen LogP contribution in [0.1, 0.15) is 28.5 Å².